The molecule has 39 heavy (non-hydrogen) atoms. The number of hydrogen-bond donors (Lipinski definition) is 0. The largest absolute Gasteiger partial charge is 0.328 e. The van der Waals surface area contributed by atoms with Gasteiger partial charge in [0.25, 0.3) is 11.5 Å². The molecular weight excluding hydrogens is 550 g/mol. The maximum atomic E-state index is 14.1. The molecule has 1 atom stereocenters. The molecule has 6 heteroatoms. The van der Waals surface area contributed by atoms with Gasteiger partial charge in [-0.15, -0.1) is 0 Å². The van der Waals surface area contributed by atoms with E-state index < -0.39 is 6.04 Å². The Hall–Kier alpha value is -4.03. The fourth-order valence-corrected chi connectivity index (χ4v) is 5.17. The minimum absolute atomic E-state index is 0.0810. The number of aromatic nitrogens is 2. The highest BCUT2D eigenvalue weighted by Crippen LogP contribution is 2.28. The third kappa shape index (κ3) is 5.71. The molecule has 1 aromatic heterocycles. The van der Waals surface area contributed by atoms with E-state index in [0.29, 0.717) is 47.4 Å². The zero-order chi connectivity index (χ0) is 27.4. The molecule has 0 aliphatic heterocycles. The van der Waals surface area contributed by atoms with E-state index in [-0.39, 0.29) is 11.5 Å². The summed E-state index contributed by atoms with van der Waals surface area (Å²) in [6.45, 7) is 4.53. The monoisotopic (exact) mass is 579 g/mol. The average Bonchev–Trinajstić information content (AvgIpc) is 2.96. The first-order valence-electron chi connectivity index (χ1n) is 13.2. The zero-order valence-corrected chi connectivity index (χ0v) is 23.6. The minimum atomic E-state index is -0.427. The van der Waals surface area contributed by atoms with Gasteiger partial charge in [0.05, 0.1) is 22.6 Å². The molecule has 0 saturated heterocycles. The molecule has 0 spiro atoms. The van der Waals surface area contributed by atoms with E-state index in [1.54, 1.807) is 10.6 Å². The van der Waals surface area contributed by atoms with Crippen LogP contribution in [0.2, 0.25) is 0 Å². The first-order chi connectivity index (χ1) is 19.0. The molecule has 196 valence electrons. The number of benzene rings is 4. The Morgan fingerprint density at radius 1 is 0.897 bits per heavy atom. The van der Waals surface area contributed by atoms with Crippen molar-refractivity contribution < 1.29 is 4.79 Å². The first-order valence-corrected chi connectivity index (χ1v) is 13.9. The molecule has 0 fully saturated rings. The Morgan fingerprint density at radius 3 is 2.26 bits per heavy atom. The van der Waals surface area contributed by atoms with Crippen molar-refractivity contribution in [3.05, 3.63) is 140 Å². The molecule has 1 heterocycles. The number of rotatable bonds is 8. The van der Waals surface area contributed by atoms with Gasteiger partial charge in [-0.1, -0.05) is 83.0 Å². The SMILES string of the molecule is CCC(c1nc2ccccc2c(=O)n1-c1ccc(Br)cc1)N(CCc1ccccc1)C(=O)c1ccc(C)cc1. The lowest BCUT2D eigenvalue weighted by atomic mass is 10.0. The van der Waals surface area contributed by atoms with Crippen molar-refractivity contribution in [2.75, 3.05) is 6.54 Å². The summed E-state index contributed by atoms with van der Waals surface area (Å²) in [6, 6.07) is 32.4. The molecule has 0 N–H and O–H groups in total. The van der Waals surface area contributed by atoms with E-state index >= 15 is 0 Å². The number of nitrogens with zero attached hydrogens (tertiary/aromatic N) is 3. The number of fused-ring (bicyclic) bond motifs is 1. The lowest BCUT2D eigenvalue weighted by Gasteiger charge is -2.32. The van der Waals surface area contributed by atoms with Gasteiger partial charge in [-0.2, -0.15) is 0 Å². The predicted molar refractivity (Wildman–Crippen MR) is 160 cm³/mol. The van der Waals surface area contributed by atoms with Crippen molar-refractivity contribution in [2.24, 2.45) is 0 Å². The normalized spacial score (nSPS) is 11.9. The summed E-state index contributed by atoms with van der Waals surface area (Å²) < 4.78 is 2.58. The van der Waals surface area contributed by atoms with Gasteiger partial charge >= 0.3 is 0 Å². The van der Waals surface area contributed by atoms with Gasteiger partial charge in [-0.3, -0.25) is 14.2 Å². The number of para-hydroxylation sites is 1. The van der Waals surface area contributed by atoms with Crippen LogP contribution in [-0.4, -0.2) is 26.9 Å². The number of amides is 1. The Bertz CT molecular complexity index is 1650. The first kappa shape index (κ1) is 26.6. The van der Waals surface area contributed by atoms with Gasteiger partial charge in [0.2, 0.25) is 0 Å². The maximum absolute atomic E-state index is 14.1. The van der Waals surface area contributed by atoms with E-state index in [2.05, 4.69) is 28.1 Å². The van der Waals surface area contributed by atoms with Crippen LogP contribution in [0.4, 0.5) is 0 Å². The Labute approximate surface area is 236 Å². The molecule has 5 nitrogen and oxygen atoms in total. The summed E-state index contributed by atoms with van der Waals surface area (Å²) in [5.74, 6) is 0.472. The molecule has 0 bridgehead atoms. The number of halogens is 1. The van der Waals surface area contributed by atoms with Crippen molar-refractivity contribution in [1.82, 2.24) is 14.5 Å². The Morgan fingerprint density at radius 2 is 1.56 bits per heavy atom. The molecule has 5 aromatic rings. The van der Waals surface area contributed by atoms with Crippen molar-refractivity contribution in [2.45, 2.75) is 32.7 Å². The highest BCUT2D eigenvalue weighted by molar-refractivity contribution is 9.10. The highest BCUT2D eigenvalue weighted by atomic mass is 79.9. The number of hydrogen-bond acceptors (Lipinski definition) is 3. The van der Waals surface area contributed by atoms with Crippen molar-refractivity contribution in [1.29, 1.82) is 0 Å². The van der Waals surface area contributed by atoms with Crippen LogP contribution in [0.3, 0.4) is 0 Å². The van der Waals surface area contributed by atoms with E-state index in [9.17, 15) is 9.59 Å². The van der Waals surface area contributed by atoms with Crippen LogP contribution in [0.15, 0.2) is 112 Å². The van der Waals surface area contributed by atoms with E-state index in [0.717, 1.165) is 15.6 Å². The second kappa shape index (κ2) is 11.8. The number of carbonyl (C=O) groups is 1. The summed E-state index contributed by atoms with van der Waals surface area (Å²) in [4.78, 5) is 34.9. The molecule has 0 aliphatic rings. The third-order valence-electron chi connectivity index (χ3n) is 6.99. The second-order valence-electron chi connectivity index (χ2n) is 9.63. The third-order valence-corrected chi connectivity index (χ3v) is 7.52. The fourth-order valence-electron chi connectivity index (χ4n) is 4.91. The zero-order valence-electron chi connectivity index (χ0n) is 22.0. The van der Waals surface area contributed by atoms with E-state index in [1.165, 1.54) is 0 Å². The second-order valence-corrected chi connectivity index (χ2v) is 10.5. The molecule has 5 rings (SSSR count). The van der Waals surface area contributed by atoms with E-state index in [1.807, 2.05) is 104 Å². The Balaban J connectivity index is 1.68. The quantitative estimate of drug-likeness (QED) is 0.194. The van der Waals surface area contributed by atoms with Gasteiger partial charge in [0.1, 0.15) is 5.82 Å². The summed E-state index contributed by atoms with van der Waals surface area (Å²) in [5, 5.41) is 0.541. The predicted octanol–water partition coefficient (Wildman–Crippen LogP) is 7.29. The molecule has 1 unspecified atom stereocenters. The molecule has 0 radical (unpaired) electrons. The summed E-state index contributed by atoms with van der Waals surface area (Å²) >= 11 is 3.50. The van der Waals surface area contributed by atoms with Crippen LogP contribution in [0.5, 0.6) is 0 Å². The van der Waals surface area contributed by atoms with E-state index in [4.69, 9.17) is 4.98 Å². The lowest BCUT2D eigenvalue weighted by molar-refractivity contribution is 0.0662. The van der Waals surface area contributed by atoms with Crippen LogP contribution in [-0.2, 0) is 6.42 Å². The topological polar surface area (TPSA) is 55.2 Å². The molecule has 0 saturated carbocycles. The van der Waals surface area contributed by atoms with Gasteiger partial charge in [0.15, 0.2) is 0 Å². The summed E-state index contributed by atoms with van der Waals surface area (Å²) in [6.07, 6.45) is 1.28. The molecule has 1 amide bonds. The maximum Gasteiger partial charge on any atom is 0.266 e. The minimum Gasteiger partial charge on any atom is -0.328 e. The average molecular weight is 581 g/mol. The van der Waals surface area contributed by atoms with Crippen LogP contribution in [0.25, 0.3) is 16.6 Å². The van der Waals surface area contributed by atoms with Crippen LogP contribution in [0.1, 0.15) is 46.7 Å². The number of carbonyl (C=O) groups excluding carboxylic acids is 1. The molecule has 4 aromatic carbocycles. The van der Waals surface area contributed by atoms with Crippen molar-refractivity contribution in [3.8, 4) is 5.69 Å². The van der Waals surface area contributed by atoms with Crippen molar-refractivity contribution in [3.63, 3.8) is 0 Å². The van der Waals surface area contributed by atoms with Gasteiger partial charge in [-0.25, -0.2) is 4.98 Å². The number of aryl methyl sites for hydroxylation is 1. The summed E-state index contributed by atoms with van der Waals surface area (Å²) in [5.41, 5.74) is 4.03. The fraction of sp³-hybridized carbons (Fsp3) is 0.182. The molecular formula is C33H30BrN3O2. The van der Waals surface area contributed by atoms with Gasteiger partial charge in [-0.05, 0) is 73.9 Å². The van der Waals surface area contributed by atoms with Crippen LogP contribution < -0.4 is 5.56 Å². The smallest absolute Gasteiger partial charge is 0.266 e. The standard InChI is InChI=1S/C33H30BrN3O2/c1-3-30(36(22-21-24-9-5-4-6-10-24)32(38)25-15-13-23(2)14-16-25)31-35-29-12-8-7-11-28(29)33(39)37(31)27-19-17-26(34)18-20-27/h4-20,30H,3,21-22H2,1-2H3. The molecule has 0 aliphatic carbocycles. The van der Waals surface area contributed by atoms with Gasteiger partial charge in [0, 0.05) is 16.6 Å². The highest BCUT2D eigenvalue weighted by Gasteiger charge is 2.29. The lowest BCUT2D eigenvalue weighted by Crippen LogP contribution is -2.39. The Kier molecular flexibility index (Phi) is 8.03. The van der Waals surface area contributed by atoms with Gasteiger partial charge < -0.3 is 4.90 Å². The van der Waals surface area contributed by atoms with Crippen LogP contribution >= 0.6 is 15.9 Å². The summed E-state index contributed by atoms with van der Waals surface area (Å²) in [7, 11) is 0. The van der Waals surface area contributed by atoms with Crippen LogP contribution in [0, 0.1) is 6.92 Å². The van der Waals surface area contributed by atoms with Crippen molar-refractivity contribution >= 4 is 32.7 Å².